The van der Waals surface area contributed by atoms with Crippen molar-refractivity contribution < 1.29 is 4.63 Å². The van der Waals surface area contributed by atoms with Crippen LogP contribution in [0.2, 0.25) is 0 Å². The van der Waals surface area contributed by atoms with Gasteiger partial charge in [0.25, 0.3) is 0 Å². The second-order valence-electron chi connectivity index (χ2n) is 5.07. The van der Waals surface area contributed by atoms with Crippen LogP contribution in [0.4, 0.5) is 17.3 Å². The lowest BCUT2D eigenvalue weighted by Gasteiger charge is -2.05. The molecular weight excluding hydrogens is 294 g/mol. The van der Waals surface area contributed by atoms with Crippen LogP contribution in [-0.4, -0.2) is 24.9 Å². The number of nitrogens with two attached hydrogens (primary N) is 1. The Balaban J connectivity index is 1.77. The van der Waals surface area contributed by atoms with E-state index in [1.165, 1.54) is 0 Å². The average Bonchev–Trinajstić information content (AvgIpc) is 3.12. The highest BCUT2D eigenvalue weighted by Crippen LogP contribution is 2.28. The molecule has 0 saturated heterocycles. The highest BCUT2D eigenvalue weighted by Gasteiger charge is 2.18. The maximum atomic E-state index is 5.75. The minimum Gasteiger partial charge on any atom is -0.379 e. The molecule has 8 heteroatoms. The van der Waals surface area contributed by atoms with Gasteiger partial charge in [-0.1, -0.05) is 18.2 Å². The van der Waals surface area contributed by atoms with E-state index in [0.717, 1.165) is 22.6 Å². The molecule has 114 valence electrons. The first kappa shape index (κ1) is 13.3. The summed E-state index contributed by atoms with van der Waals surface area (Å²) < 4.78 is 6.33. The zero-order chi connectivity index (χ0) is 15.8. The van der Waals surface area contributed by atoms with E-state index in [0.29, 0.717) is 11.4 Å². The number of nitrogens with one attached hydrogen (secondary N) is 1. The number of aromatic nitrogens is 5. The van der Waals surface area contributed by atoms with Gasteiger partial charge in [-0.05, 0) is 29.4 Å². The first-order chi connectivity index (χ1) is 11.2. The van der Waals surface area contributed by atoms with Crippen LogP contribution in [-0.2, 0) is 0 Å². The first-order valence-corrected chi connectivity index (χ1v) is 6.98. The van der Waals surface area contributed by atoms with Gasteiger partial charge in [0, 0.05) is 17.3 Å². The zero-order valence-corrected chi connectivity index (χ0v) is 12.3. The van der Waals surface area contributed by atoms with Crippen molar-refractivity contribution in [3.8, 4) is 11.4 Å². The Kier molecular flexibility index (Phi) is 2.94. The molecule has 0 aliphatic carbocycles. The fraction of sp³-hybridized carbons (Fsp3) is 0.0667. The van der Waals surface area contributed by atoms with Gasteiger partial charge in [0.2, 0.25) is 0 Å². The molecule has 0 saturated carbocycles. The quantitative estimate of drug-likeness (QED) is 0.598. The van der Waals surface area contributed by atoms with Gasteiger partial charge in [0.05, 0.1) is 5.52 Å². The molecule has 3 N–H and O–H groups in total. The minimum atomic E-state index is 0.215. The Morgan fingerprint density at radius 2 is 1.96 bits per heavy atom. The monoisotopic (exact) mass is 307 g/mol. The van der Waals surface area contributed by atoms with Gasteiger partial charge in [0.1, 0.15) is 17.8 Å². The third kappa shape index (κ3) is 2.26. The van der Waals surface area contributed by atoms with Gasteiger partial charge >= 0.3 is 0 Å². The van der Waals surface area contributed by atoms with Gasteiger partial charge in [-0.3, -0.25) is 0 Å². The van der Waals surface area contributed by atoms with Crippen LogP contribution < -0.4 is 11.1 Å². The molecular formula is C15H13N7O. The predicted octanol–water partition coefficient (Wildman–Crippen LogP) is 2.41. The van der Waals surface area contributed by atoms with E-state index >= 15 is 0 Å². The van der Waals surface area contributed by atoms with E-state index in [1.807, 2.05) is 43.3 Å². The molecule has 0 bridgehead atoms. The number of hydrogen-bond acceptors (Lipinski definition) is 7. The number of aryl methyl sites for hydroxylation is 1. The fourth-order valence-corrected chi connectivity index (χ4v) is 2.40. The highest BCUT2D eigenvalue weighted by molar-refractivity contribution is 5.76. The molecule has 0 unspecified atom stereocenters. The van der Waals surface area contributed by atoms with Crippen molar-refractivity contribution in [2.24, 2.45) is 0 Å². The van der Waals surface area contributed by atoms with E-state index in [2.05, 4.69) is 30.3 Å². The van der Waals surface area contributed by atoms with Crippen molar-refractivity contribution >= 4 is 22.8 Å². The molecule has 0 fully saturated rings. The average molecular weight is 307 g/mol. The lowest BCUT2D eigenvalue weighted by atomic mass is 10.2. The zero-order valence-electron chi connectivity index (χ0n) is 12.3. The van der Waals surface area contributed by atoms with Crippen LogP contribution >= 0.6 is 0 Å². The van der Waals surface area contributed by atoms with Crippen LogP contribution in [0.3, 0.4) is 0 Å². The fourth-order valence-electron chi connectivity index (χ4n) is 2.40. The van der Waals surface area contributed by atoms with Crippen molar-refractivity contribution in [3.63, 3.8) is 0 Å². The molecule has 1 aromatic carbocycles. The van der Waals surface area contributed by atoms with Gasteiger partial charge < -0.3 is 11.1 Å². The molecule has 3 heterocycles. The summed E-state index contributed by atoms with van der Waals surface area (Å²) in [5.41, 5.74) is 9.60. The smallest absolute Gasteiger partial charge is 0.198 e. The van der Waals surface area contributed by atoms with Crippen LogP contribution in [0.1, 0.15) is 5.56 Å². The Labute approximate surface area is 130 Å². The summed E-state index contributed by atoms with van der Waals surface area (Å²) in [5.74, 6) is 0.941. The van der Waals surface area contributed by atoms with E-state index in [-0.39, 0.29) is 5.82 Å². The van der Waals surface area contributed by atoms with Crippen molar-refractivity contribution in [2.45, 2.75) is 6.92 Å². The Bertz CT molecular complexity index is 974. The second kappa shape index (κ2) is 5.09. The molecule has 23 heavy (non-hydrogen) atoms. The molecule has 3 aromatic heterocycles. The van der Waals surface area contributed by atoms with Gasteiger partial charge in [0.15, 0.2) is 11.5 Å². The summed E-state index contributed by atoms with van der Waals surface area (Å²) in [4.78, 5) is 4.36. The summed E-state index contributed by atoms with van der Waals surface area (Å²) in [6.45, 7) is 1.94. The van der Waals surface area contributed by atoms with Gasteiger partial charge in [-0.25, -0.2) is 14.1 Å². The molecule has 0 aliphatic heterocycles. The number of benzene rings is 1. The van der Waals surface area contributed by atoms with E-state index in [4.69, 9.17) is 5.73 Å². The van der Waals surface area contributed by atoms with Crippen LogP contribution in [0, 0.1) is 6.92 Å². The molecule has 4 rings (SSSR count). The summed E-state index contributed by atoms with van der Waals surface area (Å²) >= 11 is 0. The lowest BCUT2D eigenvalue weighted by molar-refractivity contribution is 0.310. The van der Waals surface area contributed by atoms with Crippen LogP contribution in [0.25, 0.3) is 16.9 Å². The van der Waals surface area contributed by atoms with Crippen molar-refractivity contribution in [3.05, 3.63) is 48.3 Å². The van der Waals surface area contributed by atoms with E-state index in [9.17, 15) is 0 Å². The Morgan fingerprint density at radius 3 is 2.70 bits per heavy atom. The second-order valence-corrected chi connectivity index (χ2v) is 5.07. The van der Waals surface area contributed by atoms with Gasteiger partial charge in [-0.2, -0.15) is 5.10 Å². The van der Waals surface area contributed by atoms with Crippen molar-refractivity contribution in [1.82, 2.24) is 24.9 Å². The summed E-state index contributed by atoms with van der Waals surface area (Å²) in [6, 6.07) is 11.8. The third-order valence-electron chi connectivity index (χ3n) is 3.56. The summed E-state index contributed by atoms with van der Waals surface area (Å²) in [7, 11) is 0. The number of hydrogen-bond donors (Lipinski definition) is 2. The molecule has 0 amide bonds. The maximum absolute atomic E-state index is 5.75. The summed E-state index contributed by atoms with van der Waals surface area (Å²) in [5, 5.41) is 15.1. The Morgan fingerprint density at radius 1 is 1.13 bits per heavy atom. The van der Waals surface area contributed by atoms with Crippen molar-refractivity contribution in [1.29, 1.82) is 0 Å². The highest BCUT2D eigenvalue weighted by atomic mass is 16.6. The molecule has 0 spiro atoms. The normalized spacial score (nSPS) is 11.0. The van der Waals surface area contributed by atoms with Crippen molar-refractivity contribution in [2.75, 3.05) is 11.1 Å². The largest absolute Gasteiger partial charge is 0.379 e. The number of nitrogens with zero attached hydrogens (tertiary/aromatic N) is 5. The topological polar surface area (TPSA) is 107 Å². The third-order valence-corrected chi connectivity index (χ3v) is 3.56. The van der Waals surface area contributed by atoms with Crippen LogP contribution in [0.15, 0.2) is 47.4 Å². The summed E-state index contributed by atoms with van der Waals surface area (Å²) in [6.07, 6.45) is 1.64. The number of rotatable bonds is 3. The lowest BCUT2D eigenvalue weighted by Crippen LogP contribution is -1.96. The SMILES string of the molecule is Cc1c(-c2nonc2N)nn2cnc(Nc3ccccc3)cc12. The van der Waals surface area contributed by atoms with Gasteiger partial charge in [-0.15, -0.1) is 0 Å². The number of fused-ring (bicyclic) bond motifs is 1. The molecule has 8 nitrogen and oxygen atoms in total. The van der Waals surface area contributed by atoms with Crippen LogP contribution in [0.5, 0.6) is 0 Å². The number of anilines is 3. The molecule has 0 radical (unpaired) electrons. The maximum Gasteiger partial charge on any atom is 0.198 e. The molecule has 0 atom stereocenters. The molecule has 4 aromatic rings. The minimum absolute atomic E-state index is 0.215. The van der Waals surface area contributed by atoms with E-state index in [1.54, 1.807) is 10.8 Å². The standard InChI is InChI=1S/C15H13N7O/c1-9-11-7-12(18-10-5-3-2-4-6-10)17-8-22(11)19-13(9)14-15(16)21-23-20-14/h2-8,18H,1H3,(H2,16,21). The Hall–Kier alpha value is -3.42. The molecule has 0 aliphatic rings. The number of para-hydroxylation sites is 1. The first-order valence-electron chi connectivity index (χ1n) is 6.98. The van der Waals surface area contributed by atoms with E-state index < -0.39 is 0 Å². The number of nitrogen functional groups attached to an aromatic ring is 1. The predicted molar refractivity (Wildman–Crippen MR) is 85.2 cm³/mol.